The van der Waals surface area contributed by atoms with Crippen LogP contribution in [0.1, 0.15) is 32.8 Å². The number of amides is 1. The van der Waals surface area contributed by atoms with Crippen LogP contribution in [0.25, 0.3) is 0 Å². The number of benzene rings is 1. The number of rotatable bonds is 3. The van der Waals surface area contributed by atoms with Gasteiger partial charge in [-0.25, -0.2) is 9.59 Å². The predicted octanol–water partition coefficient (Wildman–Crippen LogP) is 3.17. The van der Waals surface area contributed by atoms with E-state index in [0.29, 0.717) is 0 Å². The number of alkyl carbamates (subject to hydrolysis) is 1. The largest absolute Gasteiger partial charge is 0.480 e. The third-order valence-electron chi connectivity index (χ3n) is 2.37. The van der Waals surface area contributed by atoms with Crippen LogP contribution in [0.4, 0.5) is 4.79 Å². The van der Waals surface area contributed by atoms with Gasteiger partial charge in [0, 0.05) is 16.5 Å². The fourth-order valence-corrected chi connectivity index (χ4v) is 1.70. The second-order valence-corrected chi connectivity index (χ2v) is 6.47. The molecule has 0 heterocycles. The molecule has 0 aliphatic carbocycles. The molecule has 0 fully saturated rings. The summed E-state index contributed by atoms with van der Waals surface area (Å²) in [6.45, 7) is 5.11. The normalized spacial score (nSPS) is 11.8. The Labute approximate surface area is 138 Å². The average molecular weight is 368 g/mol. The van der Waals surface area contributed by atoms with Crippen molar-refractivity contribution >= 4 is 28.0 Å². The molecule has 118 valence electrons. The Morgan fingerprint density at radius 1 is 1.32 bits per heavy atom. The number of nitrogens with one attached hydrogen (secondary N) is 1. The number of aliphatic carboxylic acids is 1. The molecular weight excluding hydrogens is 350 g/mol. The van der Waals surface area contributed by atoms with Gasteiger partial charge in [-0.2, -0.15) is 0 Å². The van der Waals surface area contributed by atoms with Crippen molar-refractivity contribution in [1.29, 1.82) is 0 Å². The summed E-state index contributed by atoms with van der Waals surface area (Å²) in [5, 5.41) is 11.4. The number of ether oxygens (including phenoxy) is 1. The summed E-state index contributed by atoms with van der Waals surface area (Å²) in [4.78, 5) is 22.7. The van der Waals surface area contributed by atoms with Crippen molar-refractivity contribution in [2.24, 2.45) is 0 Å². The smallest absolute Gasteiger partial charge is 0.408 e. The van der Waals surface area contributed by atoms with Gasteiger partial charge in [-0.05, 0) is 45.0 Å². The zero-order valence-corrected chi connectivity index (χ0v) is 14.2. The monoisotopic (exact) mass is 367 g/mol. The van der Waals surface area contributed by atoms with Crippen LogP contribution in [0, 0.1) is 11.8 Å². The van der Waals surface area contributed by atoms with Crippen molar-refractivity contribution in [2.45, 2.75) is 38.8 Å². The Balaban J connectivity index is 2.64. The molecule has 1 amide bonds. The fourth-order valence-electron chi connectivity index (χ4n) is 1.44. The summed E-state index contributed by atoms with van der Waals surface area (Å²) in [6, 6.07) is 6.20. The van der Waals surface area contributed by atoms with Crippen molar-refractivity contribution in [1.82, 2.24) is 5.32 Å². The summed E-state index contributed by atoms with van der Waals surface area (Å²) < 4.78 is 5.97. The molecule has 0 bridgehead atoms. The van der Waals surface area contributed by atoms with Crippen molar-refractivity contribution in [2.75, 3.05) is 0 Å². The first-order valence-electron chi connectivity index (χ1n) is 6.64. The number of hydrogen-bond donors (Lipinski definition) is 2. The van der Waals surface area contributed by atoms with Gasteiger partial charge in [0.05, 0.1) is 0 Å². The highest BCUT2D eigenvalue weighted by Gasteiger charge is 2.23. The van der Waals surface area contributed by atoms with Gasteiger partial charge in [0.15, 0.2) is 0 Å². The predicted molar refractivity (Wildman–Crippen MR) is 86.4 cm³/mol. The maximum absolute atomic E-state index is 11.6. The Morgan fingerprint density at radius 2 is 1.91 bits per heavy atom. The third kappa shape index (κ3) is 7.14. The number of carboxylic acid groups (broad SMARTS) is 1. The van der Waals surface area contributed by atoms with E-state index in [2.05, 4.69) is 33.1 Å². The second-order valence-electron chi connectivity index (χ2n) is 5.55. The standard InChI is InChI=1S/C16H18BrNO4/c1-16(2,3)22-15(21)18-13(14(19)20)6-4-5-11-7-9-12(17)10-8-11/h7-10,13H,6H2,1-3H3,(H,18,21)(H,19,20)/t13-/m0/s1. The lowest BCUT2D eigenvalue weighted by Crippen LogP contribution is -2.43. The second kappa shape index (κ2) is 7.85. The zero-order valence-electron chi connectivity index (χ0n) is 12.6. The highest BCUT2D eigenvalue weighted by molar-refractivity contribution is 9.10. The quantitative estimate of drug-likeness (QED) is 0.804. The lowest BCUT2D eigenvalue weighted by Gasteiger charge is -2.21. The van der Waals surface area contributed by atoms with Crippen LogP contribution in [0.2, 0.25) is 0 Å². The van der Waals surface area contributed by atoms with Crippen LogP contribution in [-0.4, -0.2) is 28.8 Å². The van der Waals surface area contributed by atoms with Gasteiger partial charge < -0.3 is 15.2 Å². The van der Waals surface area contributed by atoms with Gasteiger partial charge in [0.25, 0.3) is 0 Å². The summed E-state index contributed by atoms with van der Waals surface area (Å²) >= 11 is 3.32. The average Bonchev–Trinajstić information content (AvgIpc) is 2.37. The van der Waals surface area contributed by atoms with Crippen LogP contribution in [0.5, 0.6) is 0 Å². The topological polar surface area (TPSA) is 75.6 Å². The minimum atomic E-state index is -1.16. The van der Waals surface area contributed by atoms with E-state index in [-0.39, 0.29) is 6.42 Å². The molecule has 0 aliphatic heterocycles. The molecule has 1 rings (SSSR count). The molecule has 2 N–H and O–H groups in total. The molecule has 0 unspecified atom stereocenters. The number of carbonyl (C=O) groups excluding carboxylic acids is 1. The van der Waals surface area contributed by atoms with Crippen molar-refractivity contribution in [3.8, 4) is 11.8 Å². The number of halogens is 1. The Bertz CT molecular complexity index is 593. The van der Waals surface area contributed by atoms with E-state index in [0.717, 1.165) is 10.0 Å². The summed E-state index contributed by atoms with van der Waals surface area (Å²) in [5.74, 6) is 4.45. The lowest BCUT2D eigenvalue weighted by molar-refractivity contribution is -0.139. The first kappa shape index (κ1) is 18.1. The highest BCUT2D eigenvalue weighted by atomic mass is 79.9. The lowest BCUT2D eigenvalue weighted by atomic mass is 10.2. The molecule has 0 spiro atoms. The molecule has 5 nitrogen and oxygen atoms in total. The van der Waals surface area contributed by atoms with E-state index < -0.39 is 23.7 Å². The molecule has 0 saturated carbocycles. The number of carboxylic acids is 1. The maximum Gasteiger partial charge on any atom is 0.408 e. The Morgan fingerprint density at radius 3 is 2.41 bits per heavy atom. The molecule has 0 radical (unpaired) electrons. The third-order valence-corrected chi connectivity index (χ3v) is 2.90. The summed E-state index contributed by atoms with van der Waals surface area (Å²) in [7, 11) is 0. The molecule has 22 heavy (non-hydrogen) atoms. The number of carbonyl (C=O) groups is 2. The first-order valence-corrected chi connectivity index (χ1v) is 7.43. The van der Waals surface area contributed by atoms with Gasteiger partial charge in [-0.3, -0.25) is 0 Å². The molecule has 0 aromatic heterocycles. The van der Waals surface area contributed by atoms with Crippen LogP contribution in [0.3, 0.4) is 0 Å². The highest BCUT2D eigenvalue weighted by Crippen LogP contribution is 2.10. The van der Waals surface area contributed by atoms with E-state index in [1.807, 2.05) is 24.3 Å². The molecule has 0 saturated heterocycles. The minimum absolute atomic E-state index is 0.00929. The van der Waals surface area contributed by atoms with Gasteiger partial charge in [-0.1, -0.05) is 27.8 Å². The van der Waals surface area contributed by atoms with E-state index in [4.69, 9.17) is 9.84 Å². The molecule has 1 atom stereocenters. The van der Waals surface area contributed by atoms with Gasteiger partial charge in [0.1, 0.15) is 11.6 Å². The molecule has 6 heteroatoms. The van der Waals surface area contributed by atoms with E-state index in [1.54, 1.807) is 20.8 Å². The molecular formula is C16H18BrNO4. The Hall–Kier alpha value is -2.00. The van der Waals surface area contributed by atoms with Crippen molar-refractivity contribution in [3.63, 3.8) is 0 Å². The van der Waals surface area contributed by atoms with E-state index in [1.165, 1.54) is 0 Å². The summed E-state index contributed by atoms with van der Waals surface area (Å²) in [6.07, 6.45) is -0.782. The fraction of sp³-hybridized carbons (Fsp3) is 0.375. The minimum Gasteiger partial charge on any atom is -0.480 e. The van der Waals surface area contributed by atoms with E-state index >= 15 is 0 Å². The van der Waals surface area contributed by atoms with Crippen LogP contribution < -0.4 is 5.32 Å². The summed E-state index contributed by atoms with van der Waals surface area (Å²) in [5.41, 5.74) is 0.0839. The molecule has 1 aromatic rings. The van der Waals surface area contributed by atoms with E-state index in [9.17, 15) is 9.59 Å². The first-order chi connectivity index (χ1) is 10.2. The molecule has 0 aliphatic rings. The van der Waals surface area contributed by atoms with Crippen LogP contribution >= 0.6 is 15.9 Å². The Kier molecular flexibility index (Phi) is 6.44. The number of hydrogen-bond acceptors (Lipinski definition) is 3. The zero-order chi connectivity index (χ0) is 16.8. The van der Waals surface area contributed by atoms with Crippen molar-refractivity contribution in [3.05, 3.63) is 34.3 Å². The van der Waals surface area contributed by atoms with Gasteiger partial charge in [0.2, 0.25) is 0 Å². The van der Waals surface area contributed by atoms with Gasteiger partial charge >= 0.3 is 12.1 Å². The van der Waals surface area contributed by atoms with Crippen LogP contribution in [0.15, 0.2) is 28.7 Å². The maximum atomic E-state index is 11.6. The van der Waals surface area contributed by atoms with Gasteiger partial charge in [-0.15, -0.1) is 0 Å². The van der Waals surface area contributed by atoms with Crippen LogP contribution in [-0.2, 0) is 9.53 Å². The SMILES string of the molecule is CC(C)(C)OC(=O)N[C@@H](CC#Cc1ccc(Br)cc1)C(=O)O. The van der Waals surface area contributed by atoms with Crippen molar-refractivity contribution < 1.29 is 19.4 Å². The molecule has 1 aromatic carbocycles.